The first-order valence-corrected chi connectivity index (χ1v) is 5.78. The van der Waals surface area contributed by atoms with Gasteiger partial charge in [0.15, 0.2) is 0 Å². The van der Waals surface area contributed by atoms with Crippen LogP contribution >= 0.6 is 11.3 Å². The molecule has 0 radical (unpaired) electrons. The van der Waals surface area contributed by atoms with Gasteiger partial charge in [0, 0.05) is 10.5 Å². The lowest BCUT2D eigenvalue weighted by atomic mass is 10.2. The highest BCUT2D eigenvalue weighted by molar-refractivity contribution is 7.12. The predicted octanol–water partition coefficient (Wildman–Crippen LogP) is 4.30. The molecule has 0 fully saturated rings. The van der Waals surface area contributed by atoms with E-state index in [1.807, 2.05) is 13.0 Å². The van der Waals surface area contributed by atoms with Crippen LogP contribution < -0.4 is 0 Å². The molecule has 0 N–H and O–H groups in total. The Morgan fingerprint density at radius 2 is 1.93 bits per heavy atom. The maximum Gasteiger partial charge on any atom is 0.123 e. The Hall–Kier alpha value is -1.15. The largest absolute Gasteiger partial charge is 0.241 e. The van der Waals surface area contributed by atoms with Crippen molar-refractivity contribution < 1.29 is 0 Å². The summed E-state index contributed by atoms with van der Waals surface area (Å²) in [5, 5.41) is 1.05. The van der Waals surface area contributed by atoms with Crippen LogP contribution in [0.15, 0.2) is 30.4 Å². The molecule has 0 aromatic carbocycles. The molecule has 80 valence electrons. The number of aromatic nitrogens is 1. The van der Waals surface area contributed by atoms with Crippen molar-refractivity contribution in [2.75, 3.05) is 0 Å². The zero-order valence-corrected chi connectivity index (χ0v) is 10.6. The highest BCUT2D eigenvalue weighted by Gasteiger charge is 2.05. The van der Waals surface area contributed by atoms with Gasteiger partial charge in [-0.25, -0.2) is 4.98 Å². The molecule has 1 rings (SSSR count). The van der Waals surface area contributed by atoms with Crippen LogP contribution in [0.3, 0.4) is 0 Å². The number of aryl methyl sites for hydroxylation is 2. The lowest BCUT2D eigenvalue weighted by Crippen LogP contribution is -1.79. The molecule has 0 saturated carbocycles. The Balaban J connectivity index is 3.08. The van der Waals surface area contributed by atoms with E-state index in [0.717, 1.165) is 16.3 Å². The lowest BCUT2D eigenvalue weighted by molar-refractivity contribution is 1.21. The van der Waals surface area contributed by atoms with E-state index >= 15 is 0 Å². The van der Waals surface area contributed by atoms with Gasteiger partial charge in [0.25, 0.3) is 0 Å². The molecule has 0 saturated heterocycles. The number of hydrogen-bond donors (Lipinski definition) is 0. The van der Waals surface area contributed by atoms with Gasteiger partial charge < -0.3 is 0 Å². The highest BCUT2D eigenvalue weighted by atomic mass is 32.1. The predicted molar refractivity (Wildman–Crippen MR) is 69.2 cm³/mol. The Morgan fingerprint density at radius 3 is 2.33 bits per heavy atom. The maximum absolute atomic E-state index is 4.51. The van der Waals surface area contributed by atoms with Gasteiger partial charge in [-0.2, -0.15) is 0 Å². The molecule has 0 aliphatic rings. The molecule has 0 aliphatic carbocycles. The van der Waals surface area contributed by atoms with Gasteiger partial charge in [-0.1, -0.05) is 30.4 Å². The summed E-state index contributed by atoms with van der Waals surface area (Å²) in [4.78, 5) is 5.78. The highest BCUT2D eigenvalue weighted by Crippen LogP contribution is 2.24. The van der Waals surface area contributed by atoms with Crippen molar-refractivity contribution in [3.8, 4) is 0 Å². The summed E-state index contributed by atoms with van der Waals surface area (Å²) in [5.41, 5.74) is 3.48. The van der Waals surface area contributed by atoms with E-state index in [0.29, 0.717) is 0 Å². The Bertz CT molecular complexity index is 398. The molecule has 0 unspecified atom stereocenters. The van der Waals surface area contributed by atoms with Crippen molar-refractivity contribution >= 4 is 16.9 Å². The fourth-order valence-electron chi connectivity index (χ4n) is 1.08. The van der Waals surface area contributed by atoms with E-state index in [9.17, 15) is 0 Å². The van der Waals surface area contributed by atoms with E-state index in [1.54, 1.807) is 11.3 Å². The minimum absolute atomic E-state index is 1.05. The third-order valence-corrected chi connectivity index (χ3v) is 3.21. The summed E-state index contributed by atoms with van der Waals surface area (Å²) in [6.45, 7) is 12.1. The van der Waals surface area contributed by atoms with Crippen molar-refractivity contribution in [1.29, 1.82) is 0 Å². The average Bonchev–Trinajstić information content (AvgIpc) is 2.47. The maximum atomic E-state index is 4.51. The SMILES string of the molecule is C=CC(=CC=C(C)C)c1nc(C)c(C)s1. The van der Waals surface area contributed by atoms with Crippen molar-refractivity contribution in [3.05, 3.63) is 46.0 Å². The van der Waals surface area contributed by atoms with Gasteiger partial charge in [0.2, 0.25) is 0 Å². The molecule has 1 heterocycles. The van der Waals surface area contributed by atoms with Crippen molar-refractivity contribution in [3.63, 3.8) is 0 Å². The number of rotatable bonds is 3. The fraction of sp³-hybridized carbons (Fsp3) is 0.308. The van der Waals surface area contributed by atoms with E-state index < -0.39 is 0 Å². The molecule has 0 amide bonds. The van der Waals surface area contributed by atoms with Gasteiger partial charge in [0.05, 0.1) is 5.69 Å². The summed E-state index contributed by atoms with van der Waals surface area (Å²) in [7, 11) is 0. The van der Waals surface area contributed by atoms with E-state index in [2.05, 4.69) is 44.5 Å². The summed E-state index contributed by atoms with van der Waals surface area (Å²) >= 11 is 1.72. The second-order valence-electron chi connectivity index (χ2n) is 3.73. The third kappa shape index (κ3) is 3.17. The van der Waals surface area contributed by atoms with Crippen molar-refractivity contribution in [2.24, 2.45) is 0 Å². The molecule has 0 atom stereocenters. The van der Waals surface area contributed by atoms with Gasteiger partial charge >= 0.3 is 0 Å². The van der Waals surface area contributed by atoms with E-state index in [1.165, 1.54) is 10.5 Å². The number of hydrogen-bond acceptors (Lipinski definition) is 2. The Kier molecular flexibility index (Phi) is 4.04. The second kappa shape index (κ2) is 5.08. The van der Waals surface area contributed by atoms with Gasteiger partial charge in [0.1, 0.15) is 5.01 Å². The topological polar surface area (TPSA) is 12.9 Å². The molecule has 1 aromatic rings. The molecule has 0 bridgehead atoms. The van der Waals surface area contributed by atoms with E-state index in [-0.39, 0.29) is 0 Å². The van der Waals surface area contributed by atoms with Gasteiger partial charge in [-0.05, 0) is 27.7 Å². The Labute approximate surface area is 95.9 Å². The molecule has 0 spiro atoms. The minimum Gasteiger partial charge on any atom is -0.241 e. The number of nitrogens with zero attached hydrogens (tertiary/aromatic N) is 1. The molecule has 15 heavy (non-hydrogen) atoms. The third-order valence-electron chi connectivity index (χ3n) is 2.09. The summed E-state index contributed by atoms with van der Waals surface area (Å²) in [6, 6.07) is 0. The molecule has 1 aromatic heterocycles. The first kappa shape index (κ1) is 11.9. The Morgan fingerprint density at radius 1 is 1.27 bits per heavy atom. The van der Waals surface area contributed by atoms with Crippen LogP contribution in [0.4, 0.5) is 0 Å². The molecule has 2 heteroatoms. The number of allylic oxidation sites excluding steroid dienone is 5. The van der Waals surface area contributed by atoms with Crippen LogP contribution in [0.5, 0.6) is 0 Å². The smallest absolute Gasteiger partial charge is 0.123 e. The molecular formula is C13H17NS. The first-order valence-electron chi connectivity index (χ1n) is 4.96. The zero-order valence-electron chi connectivity index (χ0n) is 9.79. The van der Waals surface area contributed by atoms with Crippen LogP contribution in [-0.4, -0.2) is 4.98 Å². The summed E-state index contributed by atoms with van der Waals surface area (Å²) in [6.07, 6.45) is 6.01. The van der Waals surface area contributed by atoms with Crippen LogP contribution in [0.2, 0.25) is 0 Å². The van der Waals surface area contributed by atoms with Gasteiger partial charge in [-0.15, -0.1) is 11.3 Å². The zero-order chi connectivity index (χ0) is 11.4. The monoisotopic (exact) mass is 219 g/mol. The minimum atomic E-state index is 1.05. The van der Waals surface area contributed by atoms with Crippen molar-refractivity contribution in [2.45, 2.75) is 27.7 Å². The van der Waals surface area contributed by atoms with Crippen LogP contribution in [0, 0.1) is 13.8 Å². The average molecular weight is 219 g/mol. The van der Waals surface area contributed by atoms with Gasteiger partial charge in [-0.3, -0.25) is 0 Å². The normalized spacial score (nSPS) is 11.3. The fourth-order valence-corrected chi connectivity index (χ4v) is 2.01. The molecular weight excluding hydrogens is 202 g/mol. The summed E-state index contributed by atoms with van der Waals surface area (Å²) in [5.74, 6) is 0. The van der Waals surface area contributed by atoms with E-state index in [4.69, 9.17) is 0 Å². The van der Waals surface area contributed by atoms with Crippen LogP contribution in [-0.2, 0) is 0 Å². The lowest BCUT2D eigenvalue weighted by Gasteiger charge is -1.94. The quantitative estimate of drug-likeness (QED) is 0.691. The van der Waals surface area contributed by atoms with Crippen LogP contribution in [0.1, 0.15) is 29.4 Å². The number of thiazole rings is 1. The van der Waals surface area contributed by atoms with Crippen LogP contribution in [0.25, 0.3) is 5.57 Å². The van der Waals surface area contributed by atoms with Crippen molar-refractivity contribution in [1.82, 2.24) is 4.98 Å². The summed E-state index contributed by atoms with van der Waals surface area (Å²) < 4.78 is 0. The second-order valence-corrected chi connectivity index (χ2v) is 4.93. The first-order chi connectivity index (χ1) is 7.04. The molecule has 0 aliphatic heterocycles. The molecule has 1 nitrogen and oxygen atoms in total. The standard InChI is InChI=1S/C13H17NS/c1-6-12(8-7-9(2)3)13-14-10(4)11(5)15-13/h6-8H,1H2,2-5H3.